The molecular formula is C46H30N4O. The van der Waals surface area contributed by atoms with Gasteiger partial charge in [0.1, 0.15) is 0 Å². The largest absolute Gasteiger partial charge is 0.453 e. The van der Waals surface area contributed by atoms with Gasteiger partial charge in [0.2, 0.25) is 0 Å². The second kappa shape index (κ2) is 10.8. The SMILES string of the molecule is C1=CC(c2cc(-c3ccncc3)cc(-c3cccc(-n4c5ccccc5c5c6c7ccccc7n7c6c(cc54)Oc4ccccc4-7)c3)c2)=CCN1. The highest BCUT2D eigenvalue weighted by Gasteiger charge is 2.28. The Morgan fingerprint density at radius 3 is 2.10 bits per heavy atom. The second-order valence-corrected chi connectivity index (χ2v) is 13.3. The van der Waals surface area contributed by atoms with Gasteiger partial charge in [0.15, 0.2) is 11.5 Å². The van der Waals surface area contributed by atoms with Gasteiger partial charge in [-0.1, -0.05) is 66.7 Å². The fourth-order valence-electron chi connectivity index (χ4n) is 8.19. The predicted molar refractivity (Wildman–Crippen MR) is 209 cm³/mol. The van der Waals surface area contributed by atoms with E-state index in [1.807, 2.05) is 24.7 Å². The van der Waals surface area contributed by atoms with Crippen LogP contribution in [-0.2, 0) is 0 Å². The minimum atomic E-state index is 0.813. The summed E-state index contributed by atoms with van der Waals surface area (Å²) in [5.74, 6) is 1.73. The Bertz CT molecular complexity index is 2950. The van der Waals surface area contributed by atoms with Crippen LogP contribution < -0.4 is 10.1 Å². The van der Waals surface area contributed by atoms with Crippen LogP contribution in [0.3, 0.4) is 0 Å². The van der Waals surface area contributed by atoms with Crippen LogP contribution in [-0.4, -0.2) is 20.7 Å². The molecule has 5 heterocycles. The number of benzene rings is 6. The highest BCUT2D eigenvalue weighted by atomic mass is 16.5. The summed E-state index contributed by atoms with van der Waals surface area (Å²) in [4.78, 5) is 4.27. The maximum Gasteiger partial charge on any atom is 0.154 e. The minimum Gasteiger partial charge on any atom is -0.453 e. The van der Waals surface area contributed by atoms with Crippen molar-refractivity contribution in [3.05, 3.63) is 170 Å². The summed E-state index contributed by atoms with van der Waals surface area (Å²) in [6, 6.07) is 48.1. The molecule has 0 atom stereocenters. The molecule has 51 heavy (non-hydrogen) atoms. The van der Waals surface area contributed by atoms with E-state index in [1.165, 1.54) is 38.2 Å². The van der Waals surface area contributed by atoms with Gasteiger partial charge in [-0.2, -0.15) is 0 Å². The van der Waals surface area contributed by atoms with Crippen molar-refractivity contribution in [3.63, 3.8) is 0 Å². The number of nitrogens with zero attached hydrogens (tertiary/aromatic N) is 3. The van der Waals surface area contributed by atoms with Gasteiger partial charge in [0, 0.05) is 52.2 Å². The van der Waals surface area contributed by atoms with E-state index >= 15 is 0 Å². The highest BCUT2D eigenvalue weighted by molar-refractivity contribution is 6.30. The fourth-order valence-corrected chi connectivity index (χ4v) is 8.19. The van der Waals surface area contributed by atoms with E-state index < -0.39 is 0 Å². The molecule has 3 aromatic heterocycles. The molecule has 5 nitrogen and oxygen atoms in total. The Morgan fingerprint density at radius 2 is 1.27 bits per heavy atom. The molecule has 9 aromatic rings. The number of para-hydroxylation sites is 4. The number of ether oxygens (including phenoxy) is 1. The van der Waals surface area contributed by atoms with Crippen LogP contribution in [0, 0.1) is 0 Å². The lowest BCUT2D eigenvalue weighted by Crippen LogP contribution is -2.08. The normalized spacial score (nSPS) is 13.4. The van der Waals surface area contributed by atoms with E-state index in [0.717, 1.165) is 68.2 Å². The van der Waals surface area contributed by atoms with Gasteiger partial charge >= 0.3 is 0 Å². The highest BCUT2D eigenvalue weighted by Crippen LogP contribution is 2.50. The molecule has 5 heteroatoms. The van der Waals surface area contributed by atoms with Gasteiger partial charge in [0.25, 0.3) is 0 Å². The molecular weight excluding hydrogens is 625 g/mol. The molecule has 11 rings (SSSR count). The first-order valence-electron chi connectivity index (χ1n) is 17.3. The molecule has 2 aliphatic rings. The monoisotopic (exact) mass is 654 g/mol. The minimum absolute atomic E-state index is 0.813. The van der Waals surface area contributed by atoms with Crippen molar-refractivity contribution in [3.8, 4) is 45.1 Å². The zero-order valence-corrected chi connectivity index (χ0v) is 27.5. The number of dihydropyridines is 1. The smallest absolute Gasteiger partial charge is 0.154 e. The number of fused-ring (bicyclic) bond motifs is 9. The van der Waals surface area contributed by atoms with Crippen LogP contribution in [0.5, 0.6) is 11.5 Å². The van der Waals surface area contributed by atoms with Crippen molar-refractivity contribution in [2.45, 2.75) is 0 Å². The van der Waals surface area contributed by atoms with Gasteiger partial charge in [0.05, 0.1) is 27.8 Å². The third kappa shape index (κ3) is 4.18. The van der Waals surface area contributed by atoms with Crippen molar-refractivity contribution >= 4 is 49.2 Å². The Hall–Kier alpha value is -6.85. The van der Waals surface area contributed by atoms with Gasteiger partial charge in [-0.25, -0.2) is 0 Å². The number of nitrogens with one attached hydrogen (secondary N) is 1. The molecule has 0 amide bonds. The van der Waals surface area contributed by atoms with Crippen LogP contribution >= 0.6 is 0 Å². The van der Waals surface area contributed by atoms with E-state index in [0.29, 0.717) is 0 Å². The zero-order valence-electron chi connectivity index (χ0n) is 27.5. The van der Waals surface area contributed by atoms with E-state index in [1.54, 1.807) is 0 Å². The molecule has 0 aliphatic carbocycles. The van der Waals surface area contributed by atoms with Crippen LogP contribution in [0.2, 0.25) is 0 Å². The molecule has 0 saturated carbocycles. The van der Waals surface area contributed by atoms with E-state index in [9.17, 15) is 0 Å². The fraction of sp³-hybridized carbons (Fsp3) is 0.0217. The average molecular weight is 655 g/mol. The maximum absolute atomic E-state index is 6.74. The number of pyridine rings is 1. The summed E-state index contributed by atoms with van der Waals surface area (Å²) in [7, 11) is 0. The third-order valence-electron chi connectivity index (χ3n) is 10.4. The summed E-state index contributed by atoms with van der Waals surface area (Å²) in [6.45, 7) is 0.813. The molecule has 0 spiro atoms. The second-order valence-electron chi connectivity index (χ2n) is 13.3. The topological polar surface area (TPSA) is 44.0 Å². The van der Waals surface area contributed by atoms with Crippen molar-refractivity contribution in [1.29, 1.82) is 0 Å². The number of allylic oxidation sites excluding steroid dienone is 2. The summed E-state index contributed by atoms with van der Waals surface area (Å²) in [6.07, 6.45) is 10.1. The zero-order chi connectivity index (χ0) is 33.5. The number of rotatable bonds is 4. The summed E-state index contributed by atoms with van der Waals surface area (Å²) in [5, 5.41) is 8.19. The quantitative estimate of drug-likeness (QED) is 0.205. The molecule has 0 fully saturated rings. The predicted octanol–water partition coefficient (Wildman–Crippen LogP) is 11.2. The van der Waals surface area contributed by atoms with Crippen LogP contribution in [0.25, 0.3) is 82.8 Å². The van der Waals surface area contributed by atoms with Gasteiger partial charge in [-0.3, -0.25) is 4.98 Å². The van der Waals surface area contributed by atoms with E-state index in [4.69, 9.17) is 4.74 Å². The maximum atomic E-state index is 6.74. The van der Waals surface area contributed by atoms with Crippen LogP contribution in [0.4, 0.5) is 0 Å². The molecule has 0 unspecified atom stereocenters. The number of hydrogen-bond acceptors (Lipinski definition) is 3. The van der Waals surface area contributed by atoms with Crippen molar-refractivity contribution in [1.82, 2.24) is 19.4 Å². The molecule has 6 aromatic carbocycles. The summed E-state index contributed by atoms with van der Waals surface area (Å²) >= 11 is 0. The van der Waals surface area contributed by atoms with Crippen molar-refractivity contribution in [2.75, 3.05) is 6.54 Å². The lowest BCUT2D eigenvalue weighted by molar-refractivity contribution is 0.477. The van der Waals surface area contributed by atoms with Crippen LogP contribution in [0.15, 0.2) is 164 Å². The molecule has 2 aliphatic heterocycles. The van der Waals surface area contributed by atoms with Gasteiger partial charge in [-0.05, 0) is 112 Å². The van der Waals surface area contributed by atoms with Gasteiger partial charge in [-0.15, -0.1) is 0 Å². The molecule has 1 N–H and O–H groups in total. The van der Waals surface area contributed by atoms with E-state index in [2.05, 4.69) is 159 Å². The number of hydrogen-bond donors (Lipinski definition) is 1. The van der Waals surface area contributed by atoms with Gasteiger partial charge < -0.3 is 19.2 Å². The van der Waals surface area contributed by atoms with Crippen molar-refractivity contribution < 1.29 is 4.74 Å². The molecule has 0 saturated heterocycles. The van der Waals surface area contributed by atoms with Crippen molar-refractivity contribution in [2.24, 2.45) is 0 Å². The Morgan fingerprint density at radius 1 is 0.549 bits per heavy atom. The summed E-state index contributed by atoms with van der Waals surface area (Å²) in [5.41, 5.74) is 13.8. The third-order valence-corrected chi connectivity index (χ3v) is 10.4. The first-order chi connectivity index (χ1) is 25.3. The summed E-state index contributed by atoms with van der Waals surface area (Å²) < 4.78 is 11.5. The first-order valence-corrected chi connectivity index (χ1v) is 17.3. The Kier molecular flexibility index (Phi) is 5.95. The Balaban J connectivity index is 1.18. The lowest BCUT2D eigenvalue weighted by atomic mass is 9.93. The molecule has 0 bridgehead atoms. The standard InChI is InChI=1S/C46H30N4O/c1-3-12-38-36(10-1)44-41(28-43-46-45(44)37-11-2-4-13-39(37)50(46)40-14-5-6-15-42(40)51-43)49(38)35-9-7-8-31(27-35)34-25-32(29-16-20-47-21-17-29)24-33(26-34)30-18-22-48-23-19-30/h1-22,24-28,48H,23H2. The molecule has 240 valence electrons. The van der Waals surface area contributed by atoms with E-state index in [-0.39, 0.29) is 0 Å². The Labute approximate surface area is 294 Å². The van der Waals surface area contributed by atoms with Crippen LogP contribution in [0.1, 0.15) is 5.56 Å². The lowest BCUT2D eigenvalue weighted by Gasteiger charge is -2.21. The number of aromatic nitrogens is 3. The first kappa shape index (κ1) is 28.0. The average Bonchev–Trinajstić information content (AvgIpc) is 3.72. The molecule has 0 radical (unpaired) electrons.